The molecule has 0 fully saturated rings. The molecule has 0 aromatic carbocycles. The minimum absolute atomic E-state index is 0.0151. The van der Waals surface area contributed by atoms with Crippen molar-refractivity contribution in [2.45, 2.75) is 25.1 Å². The maximum Gasteiger partial charge on any atom is 0.311 e. The first-order valence-corrected chi connectivity index (χ1v) is 6.29. The Morgan fingerprint density at radius 2 is 2.17 bits per heavy atom. The summed E-state index contributed by atoms with van der Waals surface area (Å²) in [4.78, 5) is 15.0. The van der Waals surface area contributed by atoms with Crippen molar-refractivity contribution in [3.8, 4) is 0 Å². The largest absolute Gasteiger partial charge is 0.466 e. The Morgan fingerprint density at radius 1 is 1.50 bits per heavy atom. The van der Waals surface area contributed by atoms with Crippen molar-refractivity contribution in [3.63, 3.8) is 0 Å². The minimum Gasteiger partial charge on any atom is -0.466 e. The Hall–Kier alpha value is -1.11. The van der Waals surface area contributed by atoms with Gasteiger partial charge in [-0.25, -0.2) is 13.2 Å². The van der Waals surface area contributed by atoms with Gasteiger partial charge in [-0.3, -0.25) is 9.78 Å². The second-order valence-electron chi connectivity index (χ2n) is 3.37. The number of hydrogen-bond donors (Lipinski definition) is 0. The lowest BCUT2D eigenvalue weighted by Gasteiger charge is -2.10. The molecular weight excluding hydrogens is 315 g/mol. The van der Waals surface area contributed by atoms with Crippen LogP contribution in [0.2, 0.25) is 0 Å². The summed E-state index contributed by atoms with van der Waals surface area (Å²) in [5.41, 5.74) is -0.747. The molecule has 3 nitrogen and oxygen atoms in total. The summed E-state index contributed by atoms with van der Waals surface area (Å²) in [6, 6.07) is 0.711. The van der Waals surface area contributed by atoms with E-state index in [2.05, 4.69) is 25.7 Å². The first kappa shape index (κ1) is 14.9. The van der Waals surface area contributed by atoms with Crippen molar-refractivity contribution in [1.82, 2.24) is 4.98 Å². The lowest BCUT2D eigenvalue weighted by molar-refractivity contribution is -0.142. The smallest absolute Gasteiger partial charge is 0.311 e. The maximum absolute atomic E-state index is 13.3. The molecule has 0 amide bonds. The van der Waals surface area contributed by atoms with E-state index in [0.717, 1.165) is 0 Å². The van der Waals surface area contributed by atoms with Crippen molar-refractivity contribution in [3.05, 3.63) is 28.8 Å². The SMILES string of the molecule is CCOC(=O)Cc1nc(CBr)c(F)cc1C(F)F. The molecular formula is C11H11BrF3NO2. The molecule has 0 aliphatic rings. The summed E-state index contributed by atoms with van der Waals surface area (Å²) in [6.07, 6.45) is -3.28. The molecule has 0 radical (unpaired) electrons. The first-order chi connectivity index (χ1) is 8.49. The van der Waals surface area contributed by atoms with Gasteiger partial charge in [0.25, 0.3) is 6.43 Å². The van der Waals surface area contributed by atoms with E-state index in [9.17, 15) is 18.0 Å². The van der Waals surface area contributed by atoms with Gasteiger partial charge in [0.05, 0.1) is 24.4 Å². The molecule has 0 aliphatic heterocycles. The quantitative estimate of drug-likeness (QED) is 0.616. The van der Waals surface area contributed by atoms with E-state index in [1.807, 2.05) is 0 Å². The molecule has 0 aliphatic carbocycles. The van der Waals surface area contributed by atoms with Gasteiger partial charge >= 0.3 is 5.97 Å². The highest BCUT2D eigenvalue weighted by Gasteiger charge is 2.20. The van der Waals surface area contributed by atoms with E-state index >= 15 is 0 Å². The Labute approximate surface area is 110 Å². The van der Waals surface area contributed by atoms with Gasteiger partial charge in [-0.05, 0) is 13.0 Å². The standard InChI is InChI=1S/C11H11BrF3NO2/c1-2-18-10(17)4-8-6(11(14)15)3-7(13)9(5-12)16-8/h3,11H,2,4-5H2,1H3. The van der Waals surface area contributed by atoms with Gasteiger partial charge in [-0.15, -0.1) is 0 Å². The third kappa shape index (κ3) is 3.69. The number of ether oxygens (including phenoxy) is 1. The maximum atomic E-state index is 13.3. The van der Waals surface area contributed by atoms with Crippen molar-refractivity contribution in [2.75, 3.05) is 6.61 Å². The fourth-order valence-electron chi connectivity index (χ4n) is 1.36. The number of halogens is 4. The van der Waals surface area contributed by atoms with Crippen molar-refractivity contribution >= 4 is 21.9 Å². The van der Waals surface area contributed by atoms with Crippen LogP contribution in [0.3, 0.4) is 0 Å². The summed E-state index contributed by atoms with van der Waals surface area (Å²) in [6.45, 7) is 1.75. The highest BCUT2D eigenvalue weighted by Crippen LogP contribution is 2.25. The Kier molecular flexibility index (Phi) is 5.58. The number of esters is 1. The average molecular weight is 326 g/mol. The molecule has 7 heteroatoms. The molecule has 0 bridgehead atoms. The molecule has 0 unspecified atom stereocenters. The molecule has 1 rings (SSSR count). The number of rotatable bonds is 5. The van der Waals surface area contributed by atoms with Crippen molar-refractivity contribution in [1.29, 1.82) is 0 Å². The van der Waals surface area contributed by atoms with Crippen LogP contribution in [0.15, 0.2) is 6.07 Å². The van der Waals surface area contributed by atoms with Crippen LogP contribution in [0.4, 0.5) is 13.2 Å². The van der Waals surface area contributed by atoms with Gasteiger partial charge in [-0.2, -0.15) is 0 Å². The van der Waals surface area contributed by atoms with Gasteiger partial charge in [0.2, 0.25) is 0 Å². The molecule has 18 heavy (non-hydrogen) atoms. The van der Waals surface area contributed by atoms with Gasteiger partial charge in [0.1, 0.15) is 5.82 Å². The van der Waals surface area contributed by atoms with Crippen LogP contribution >= 0.6 is 15.9 Å². The van der Waals surface area contributed by atoms with Crippen LogP contribution in [-0.4, -0.2) is 17.6 Å². The summed E-state index contributed by atoms with van der Waals surface area (Å²) in [7, 11) is 0. The molecule has 1 aromatic heterocycles. The summed E-state index contributed by atoms with van der Waals surface area (Å²) >= 11 is 2.99. The lowest BCUT2D eigenvalue weighted by Crippen LogP contribution is -2.13. The monoisotopic (exact) mass is 325 g/mol. The lowest BCUT2D eigenvalue weighted by atomic mass is 10.1. The highest BCUT2D eigenvalue weighted by atomic mass is 79.9. The van der Waals surface area contributed by atoms with Crippen LogP contribution in [-0.2, 0) is 21.3 Å². The van der Waals surface area contributed by atoms with E-state index in [0.29, 0.717) is 6.07 Å². The van der Waals surface area contributed by atoms with Crippen LogP contribution in [0.1, 0.15) is 30.3 Å². The molecule has 1 aromatic rings. The van der Waals surface area contributed by atoms with Crippen LogP contribution in [0.5, 0.6) is 0 Å². The predicted molar refractivity (Wildman–Crippen MR) is 62.1 cm³/mol. The fourth-order valence-corrected chi connectivity index (χ4v) is 1.75. The Bertz CT molecular complexity index is 441. The third-order valence-corrected chi connectivity index (χ3v) is 2.67. The summed E-state index contributed by atoms with van der Waals surface area (Å²) in [5, 5.41) is 0.0815. The molecule has 1 heterocycles. The fraction of sp³-hybridized carbons (Fsp3) is 0.455. The number of aromatic nitrogens is 1. The number of pyridine rings is 1. The molecule has 100 valence electrons. The predicted octanol–water partition coefficient (Wildman–Crippen LogP) is 3.16. The summed E-state index contributed by atoms with van der Waals surface area (Å²) in [5.74, 6) is -1.49. The van der Waals surface area contributed by atoms with Crippen LogP contribution in [0.25, 0.3) is 0 Å². The molecule has 0 N–H and O–H groups in total. The second-order valence-corrected chi connectivity index (χ2v) is 3.93. The van der Waals surface area contributed by atoms with E-state index in [4.69, 9.17) is 0 Å². The molecule has 0 atom stereocenters. The van der Waals surface area contributed by atoms with Crippen LogP contribution < -0.4 is 0 Å². The van der Waals surface area contributed by atoms with Crippen molar-refractivity contribution in [2.24, 2.45) is 0 Å². The van der Waals surface area contributed by atoms with Crippen molar-refractivity contribution < 1.29 is 22.7 Å². The van der Waals surface area contributed by atoms with E-state index < -0.39 is 30.2 Å². The number of carbonyl (C=O) groups excluding carboxylic acids is 1. The zero-order valence-corrected chi connectivity index (χ0v) is 11.1. The second kappa shape index (κ2) is 6.72. The molecule has 0 saturated heterocycles. The summed E-state index contributed by atoms with van der Waals surface area (Å²) < 4.78 is 43.4. The number of carbonyl (C=O) groups is 1. The normalized spacial score (nSPS) is 10.8. The zero-order chi connectivity index (χ0) is 13.7. The van der Waals surface area contributed by atoms with E-state index in [-0.39, 0.29) is 23.3 Å². The van der Waals surface area contributed by atoms with Gasteiger partial charge < -0.3 is 4.74 Å². The third-order valence-electron chi connectivity index (χ3n) is 2.14. The zero-order valence-electron chi connectivity index (χ0n) is 9.55. The Morgan fingerprint density at radius 3 is 2.67 bits per heavy atom. The number of alkyl halides is 3. The number of nitrogens with zero attached hydrogens (tertiary/aromatic N) is 1. The van der Waals surface area contributed by atoms with Gasteiger partial charge in [-0.1, -0.05) is 15.9 Å². The van der Waals surface area contributed by atoms with Crippen LogP contribution in [0, 0.1) is 5.82 Å². The van der Waals surface area contributed by atoms with E-state index in [1.54, 1.807) is 6.92 Å². The average Bonchev–Trinajstić information content (AvgIpc) is 2.30. The van der Waals surface area contributed by atoms with Gasteiger partial charge in [0.15, 0.2) is 0 Å². The molecule has 0 saturated carbocycles. The first-order valence-electron chi connectivity index (χ1n) is 5.17. The number of hydrogen-bond acceptors (Lipinski definition) is 3. The Balaban J connectivity index is 3.10. The topological polar surface area (TPSA) is 39.2 Å². The minimum atomic E-state index is -2.89. The van der Waals surface area contributed by atoms with Gasteiger partial charge in [0, 0.05) is 10.9 Å². The molecule has 0 spiro atoms. The van der Waals surface area contributed by atoms with E-state index in [1.165, 1.54) is 0 Å². The highest BCUT2D eigenvalue weighted by molar-refractivity contribution is 9.08.